The first-order valence-electron chi connectivity index (χ1n) is 10.5. The van der Waals surface area contributed by atoms with Crippen LogP contribution in [0.3, 0.4) is 0 Å². The van der Waals surface area contributed by atoms with Gasteiger partial charge in [0.2, 0.25) is 0 Å². The molecule has 0 fully saturated rings. The third kappa shape index (κ3) is 5.81. The molecule has 1 amide bonds. The van der Waals surface area contributed by atoms with Crippen LogP contribution >= 0.6 is 0 Å². The molecule has 0 atom stereocenters. The van der Waals surface area contributed by atoms with Crippen LogP contribution in [-0.4, -0.2) is 37.4 Å². The van der Waals surface area contributed by atoms with E-state index < -0.39 is 29.0 Å². The average molecular weight is 480 g/mol. The molecule has 0 spiro atoms. The minimum Gasteiger partial charge on any atom is -0.382 e. The van der Waals surface area contributed by atoms with E-state index in [1.54, 1.807) is 6.07 Å². The molecule has 1 heterocycles. The van der Waals surface area contributed by atoms with Crippen LogP contribution in [0.5, 0.6) is 0 Å². The Hall–Kier alpha value is -3.24. The zero-order chi connectivity index (χ0) is 24.9. The number of carbonyl (C=O) groups is 1. The average Bonchev–Trinajstić information content (AvgIpc) is 2.78. The van der Waals surface area contributed by atoms with Crippen LogP contribution in [0.25, 0.3) is 10.9 Å². The zero-order valence-corrected chi connectivity index (χ0v) is 18.7. The van der Waals surface area contributed by atoms with Gasteiger partial charge in [-0.05, 0) is 42.3 Å². The third-order valence-electron chi connectivity index (χ3n) is 5.31. The van der Waals surface area contributed by atoms with Crippen molar-refractivity contribution in [3.63, 3.8) is 0 Å². The fourth-order valence-electron chi connectivity index (χ4n) is 3.60. The van der Waals surface area contributed by atoms with Crippen molar-refractivity contribution in [1.82, 2.24) is 9.88 Å². The van der Waals surface area contributed by atoms with Crippen molar-refractivity contribution < 1.29 is 31.8 Å². The Kier molecular flexibility index (Phi) is 8.06. The minimum atomic E-state index is -4.60. The van der Waals surface area contributed by atoms with Gasteiger partial charge in [-0.3, -0.25) is 9.59 Å². The van der Waals surface area contributed by atoms with Crippen molar-refractivity contribution in [2.45, 2.75) is 26.2 Å². The predicted molar refractivity (Wildman–Crippen MR) is 118 cm³/mol. The number of halogens is 4. The van der Waals surface area contributed by atoms with Gasteiger partial charge in [0.05, 0.1) is 30.9 Å². The number of benzene rings is 2. The van der Waals surface area contributed by atoms with E-state index >= 15 is 0 Å². The predicted octanol–water partition coefficient (Wildman–Crippen LogP) is 4.06. The van der Waals surface area contributed by atoms with Gasteiger partial charge in [0.15, 0.2) is 0 Å². The van der Waals surface area contributed by atoms with E-state index in [1.165, 1.54) is 38.3 Å². The molecule has 0 aliphatic heterocycles. The number of methoxy groups -OCH3 is 1. The molecule has 1 N–H and O–H groups in total. The van der Waals surface area contributed by atoms with Crippen molar-refractivity contribution in [3.05, 3.63) is 80.9 Å². The monoisotopic (exact) mass is 480 g/mol. The van der Waals surface area contributed by atoms with E-state index in [-0.39, 0.29) is 42.9 Å². The SMILES string of the molecule is COCCOCCn1c(=O)c(C(=O)NCc2cccc(F)c2)c(C)c2ccc(C(F)(F)F)cc21. The van der Waals surface area contributed by atoms with E-state index in [1.807, 2.05) is 0 Å². The smallest absolute Gasteiger partial charge is 0.382 e. The highest BCUT2D eigenvalue weighted by molar-refractivity contribution is 6.00. The van der Waals surface area contributed by atoms with Crippen molar-refractivity contribution in [1.29, 1.82) is 0 Å². The molecule has 10 heteroatoms. The molecule has 0 aliphatic rings. The lowest BCUT2D eigenvalue weighted by molar-refractivity contribution is -0.137. The molecular formula is C24H24F4N2O4. The number of carbonyl (C=O) groups excluding carboxylic acids is 1. The minimum absolute atomic E-state index is 0.0271. The van der Waals surface area contributed by atoms with Gasteiger partial charge < -0.3 is 19.4 Å². The summed E-state index contributed by atoms with van der Waals surface area (Å²) in [5.74, 6) is -1.17. The molecule has 3 aromatic rings. The molecule has 3 rings (SSSR count). The maximum Gasteiger partial charge on any atom is 0.416 e. The molecular weight excluding hydrogens is 456 g/mol. The standard InChI is InChI=1S/C24H24F4N2O4/c1-15-19-7-6-17(24(26,27)28)13-20(19)30(8-9-34-11-10-33-2)23(32)21(15)22(31)29-14-16-4-3-5-18(25)12-16/h3-7,12-13H,8-11,14H2,1-2H3,(H,29,31). The highest BCUT2D eigenvalue weighted by Crippen LogP contribution is 2.32. The molecule has 34 heavy (non-hydrogen) atoms. The van der Waals surface area contributed by atoms with Gasteiger partial charge in [-0.2, -0.15) is 13.2 Å². The van der Waals surface area contributed by atoms with Crippen molar-refractivity contribution in [2.24, 2.45) is 0 Å². The fraction of sp³-hybridized carbons (Fsp3) is 0.333. The molecule has 0 unspecified atom stereocenters. The second-order valence-corrected chi connectivity index (χ2v) is 7.60. The molecule has 0 saturated heterocycles. The maximum absolute atomic E-state index is 13.4. The third-order valence-corrected chi connectivity index (χ3v) is 5.31. The zero-order valence-electron chi connectivity index (χ0n) is 18.7. The lowest BCUT2D eigenvalue weighted by Gasteiger charge is -2.18. The van der Waals surface area contributed by atoms with Gasteiger partial charge in [-0.1, -0.05) is 18.2 Å². The van der Waals surface area contributed by atoms with E-state index in [0.29, 0.717) is 17.6 Å². The number of hydrogen-bond acceptors (Lipinski definition) is 4. The van der Waals surface area contributed by atoms with E-state index in [0.717, 1.165) is 16.7 Å². The highest BCUT2D eigenvalue weighted by Gasteiger charge is 2.31. The summed E-state index contributed by atoms with van der Waals surface area (Å²) in [6.07, 6.45) is -4.60. The number of pyridine rings is 1. The molecule has 182 valence electrons. The van der Waals surface area contributed by atoms with Crippen molar-refractivity contribution in [2.75, 3.05) is 26.9 Å². The fourth-order valence-corrected chi connectivity index (χ4v) is 3.60. The van der Waals surface area contributed by atoms with Crippen molar-refractivity contribution in [3.8, 4) is 0 Å². The summed E-state index contributed by atoms with van der Waals surface area (Å²) in [7, 11) is 1.49. The summed E-state index contributed by atoms with van der Waals surface area (Å²) in [4.78, 5) is 26.2. The Morgan fingerprint density at radius 3 is 2.53 bits per heavy atom. The van der Waals surface area contributed by atoms with Crippen LogP contribution < -0.4 is 10.9 Å². The lowest BCUT2D eigenvalue weighted by Crippen LogP contribution is -2.35. The number of nitrogens with zero attached hydrogens (tertiary/aromatic N) is 1. The lowest BCUT2D eigenvalue weighted by atomic mass is 10.0. The van der Waals surface area contributed by atoms with Gasteiger partial charge >= 0.3 is 6.18 Å². The summed E-state index contributed by atoms with van der Waals surface area (Å²) >= 11 is 0. The van der Waals surface area contributed by atoms with Gasteiger partial charge in [0, 0.05) is 25.6 Å². The molecule has 0 saturated carbocycles. The first-order chi connectivity index (χ1) is 16.1. The highest BCUT2D eigenvalue weighted by atomic mass is 19.4. The number of fused-ring (bicyclic) bond motifs is 1. The first-order valence-corrected chi connectivity index (χ1v) is 10.5. The number of nitrogens with one attached hydrogen (secondary N) is 1. The van der Waals surface area contributed by atoms with Crippen LogP contribution in [0.2, 0.25) is 0 Å². The van der Waals surface area contributed by atoms with Gasteiger partial charge in [0.25, 0.3) is 11.5 Å². The largest absolute Gasteiger partial charge is 0.416 e. The number of aromatic nitrogens is 1. The van der Waals surface area contributed by atoms with Gasteiger partial charge in [-0.15, -0.1) is 0 Å². The molecule has 1 aromatic heterocycles. The second-order valence-electron chi connectivity index (χ2n) is 7.60. The number of amides is 1. The van der Waals surface area contributed by atoms with Crippen LogP contribution in [0.15, 0.2) is 47.3 Å². The summed E-state index contributed by atoms with van der Waals surface area (Å²) in [6, 6.07) is 8.68. The summed E-state index contributed by atoms with van der Waals surface area (Å²) in [6.45, 7) is 2.00. The number of aryl methyl sites for hydroxylation is 1. The number of rotatable bonds is 9. The van der Waals surface area contributed by atoms with E-state index in [9.17, 15) is 27.2 Å². The van der Waals surface area contributed by atoms with Gasteiger partial charge in [0.1, 0.15) is 11.4 Å². The maximum atomic E-state index is 13.4. The Morgan fingerprint density at radius 2 is 1.85 bits per heavy atom. The molecule has 2 aromatic carbocycles. The molecule has 6 nitrogen and oxygen atoms in total. The Morgan fingerprint density at radius 1 is 1.09 bits per heavy atom. The number of alkyl halides is 3. The molecule has 0 aliphatic carbocycles. The summed E-state index contributed by atoms with van der Waals surface area (Å²) in [5.41, 5.74) is -1.04. The van der Waals surface area contributed by atoms with Gasteiger partial charge in [-0.25, -0.2) is 4.39 Å². The summed E-state index contributed by atoms with van der Waals surface area (Å²) < 4.78 is 64.8. The van der Waals surface area contributed by atoms with Crippen molar-refractivity contribution >= 4 is 16.8 Å². The molecule has 0 radical (unpaired) electrons. The van der Waals surface area contributed by atoms with E-state index in [2.05, 4.69) is 5.32 Å². The topological polar surface area (TPSA) is 69.6 Å². The Balaban J connectivity index is 2.01. The van der Waals surface area contributed by atoms with Crippen LogP contribution in [0.1, 0.15) is 27.0 Å². The quantitative estimate of drug-likeness (QED) is 0.371. The number of hydrogen-bond donors (Lipinski definition) is 1. The Labute approximate surface area is 193 Å². The molecule has 0 bridgehead atoms. The van der Waals surface area contributed by atoms with E-state index in [4.69, 9.17) is 9.47 Å². The normalized spacial score (nSPS) is 11.7. The number of ether oxygens (including phenoxy) is 2. The second kappa shape index (κ2) is 10.8. The summed E-state index contributed by atoms with van der Waals surface area (Å²) in [5, 5.41) is 2.92. The van der Waals surface area contributed by atoms with Crippen LogP contribution in [0, 0.1) is 12.7 Å². The van der Waals surface area contributed by atoms with Crippen LogP contribution in [-0.2, 0) is 28.7 Å². The Bertz CT molecular complexity index is 1240. The van der Waals surface area contributed by atoms with Crippen LogP contribution in [0.4, 0.5) is 17.6 Å². The first kappa shape index (κ1) is 25.4.